The number of ketones is 1. The molecular weight excluding hydrogens is 494 g/mol. The molecule has 4 amide bonds. The van der Waals surface area contributed by atoms with Crippen molar-refractivity contribution in [2.75, 3.05) is 14.1 Å². The van der Waals surface area contributed by atoms with Gasteiger partial charge in [-0.3, -0.25) is 24.2 Å². The number of imide groups is 2. The molecule has 0 saturated carbocycles. The highest BCUT2D eigenvalue weighted by Gasteiger charge is 2.37. The molecule has 190 valence electrons. The first kappa shape index (κ1) is 25.9. The van der Waals surface area contributed by atoms with Crippen LogP contribution in [0.15, 0.2) is 47.1 Å². The first-order valence-electron chi connectivity index (χ1n) is 11.7. The summed E-state index contributed by atoms with van der Waals surface area (Å²) in [5.41, 5.74) is 1.09. The normalized spacial score (nSPS) is 14.6. The number of nitrogens with zero attached hydrogens (tertiary/aromatic N) is 3. The first-order chi connectivity index (χ1) is 17.6. The van der Waals surface area contributed by atoms with Gasteiger partial charge in [0.25, 0.3) is 11.8 Å². The maximum absolute atomic E-state index is 13.2. The smallest absolute Gasteiger partial charge is 0.318 e. The molecule has 1 aliphatic rings. The van der Waals surface area contributed by atoms with Crippen molar-refractivity contribution < 1.29 is 28.8 Å². The Morgan fingerprint density at radius 3 is 2.22 bits per heavy atom. The molecule has 1 saturated heterocycles. The van der Waals surface area contributed by atoms with Gasteiger partial charge in [-0.2, -0.15) is 0 Å². The number of Topliss-reactive ketones (excluding diaryl/α,β-unsaturated/α-hetero) is 1. The highest BCUT2D eigenvalue weighted by molar-refractivity contribution is 7.25. The third-order valence-corrected chi connectivity index (χ3v) is 7.18. The fourth-order valence-electron chi connectivity index (χ4n) is 4.00. The SMILES string of the molecule is CCCCC(=NOC(C)=O)C(=O)c1ccc2sc3ccc(C=C4C(=O)N(C)C(=O)N(C)C4=O)cc3c2c1. The van der Waals surface area contributed by atoms with Crippen LogP contribution in [0.5, 0.6) is 0 Å². The van der Waals surface area contributed by atoms with E-state index >= 15 is 0 Å². The second-order valence-corrected chi connectivity index (χ2v) is 9.77. The molecule has 2 aromatic carbocycles. The molecule has 1 fully saturated rings. The number of oxime groups is 1. The molecule has 0 spiro atoms. The molecule has 37 heavy (non-hydrogen) atoms. The topological polar surface area (TPSA) is 113 Å². The third-order valence-electron chi connectivity index (χ3n) is 6.02. The number of rotatable bonds is 7. The number of thiophene rings is 1. The molecule has 0 radical (unpaired) electrons. The average molecular weight is 520 g/mol. The van der Waals surface area contributed by atoms with Crippen LogP contribution in [0.3, 0.4) is 0 Å². The molecule has 0 bridgehead atoms. The standard InChI is InChI=1S/C27H25N3O6S/c1-5-6-7-21(28-36-15(2)31)24(32)17-9-11-23-19(14-17)18-12-16(8-10-22(18)37-23)13-20-25(33)29(3)27(35)30(4)26(20)34/h8-14H,5-7H2,1-4H3. The van der Waals surface area contributed by atoms with Crippen LogP contribution >= 0.6 is 11.3 Å². The van der Waals surface area contributed by atoms with Gasteiger partial charge in [-0.25, -0.2) is 9.59 Å². The van der Waals surface area contributed by atoms with Gasteiger partial charge in [0.15, 0.2) is 0 Å². The van der Waals surface area contributed by atoms with E-state index in [9.17, 15) is 24.0 Å². The number of likely N-dealkylation sites (N-methyl/N-ethyl adjacent to an activating group) is 2. The Kier molecular flexibility index (Phi) is 7.30. The number of carbonyl (C=O) groups is 5. The molecule has 9 nitrogen and oxygen atoms in total. The predicted octanol–water partition coefficient (Wildman–Crippen LogP) is 4.78. The summed E-state index contributed by atoms with van der Waals surface area (Å²) in [5.74, 6) is -2.24. The number of barbiturate groups is 1. The lowest BCUT2D eigenvalue weighted by molar-refractivity contribution is -0.141. The van der Waals surface area contributed by atoms with Gasteiger partial charge in [0.2, 0.25) is 5.78 Å². The van der Waals surface area contributed by atoms with E-state index in [-0.39, 0.29) is 17.1 Å². The van der Waals surface area contributed by atoms with E-state index in [1.54, 1.807) is 29.5 Å². The summed E-state index contributed by atoms with van der Waals surface area (Å²) in [4.78, 5) is 68.2. The molecule has 0 N–H and O–H groups in total. The zero-order chi connectivity index (χ0) is 26.9. The Bertz CT molecular complexity index is 1510. The summed E-state index contributed by atoms with van der Waals surface area (Å²) in [6.07, 6.45) is 3.43. The van der Waals surface area contributed by atoms with Crippen molar-refractivity contribution in [1.82, 2.24) is 9.80 Å². The minimum atomic E-state index is -0.681. The van der Waals surface area contributed by atoms with Gasteiger partial charge in [0.1, 0.15) is 11.3 Å². The molecule has 10 heteroatoms. The van der Waals surface area contributed by atoms with Crippen LogP contribution in [-0.4, -0.2) is 59.2 Å². The largest absolute Gasteiger partial charge is 0.333 e. The van der Waals surface area contributed by atoms with E-state index in [4.69, 9.17) is 4.84 Å². The summed E-state index contributed by atoms with van der Waals surface area (Å²) >= 11 is 1.55. The Labute approximate surface area is 217 Å². The predicted molar refractivity (Wildman–Crippen MR) is 141 cm³/mol. The summed E-state index contributed by atoms with van der Waals surface area (Å²) in [6.45, 7) is 3.22. The lowest BCUT2D eigenvalue weighted by atomic mass is 10.00. The molecule has 0 unspecified atom stereocenters. The van der Waals surface area contributed by atoms with Crippen molar-refractivity contribution in [2.24, 2.45) is 5.16 Å². The number of carbonyl (C=O) groups excluding carboxylic acids is 5. The van der Waals surface area contributed by atoms with Crippen LogP contribution in [0, 0.1) is 0 Å². The van der Waals surface area contributed by atoms with Crippen molar-refractivity contribution in [3.8, 4) is 0 Å². The molecule has 3 aromatic rings. The second-order valence-electron chi connectivity index (χ2n) is 8.69. The van der Waals surface area contributed by atoms with Crippen LogP contribution in [0.25, 0.3) is 26.2 Å². The minimum absolute atomic E-state index is 0.110. The number of hydrogen-bond acceptors (Lipinski definition) is 8. The van der Waals surface area contributed by atoms with E-state index in [0.717, 1.165) is 42.8 Å². The van der Waals surface area contributed by atoms with Gasteiger partial charge in [-0.05, 0) is 54.8 Å². The molecule has 2 heterocycles. The van der Waals surface area contributed by atoms with Gasteiger partial charge >= 0.3 is 12.0 Å². The monoisotopic (exact) mass is 519 g/mol. The Hall–Kier alpha value is -4.18. The summed E-state index contributed by atoms with van der Waals surface area (Å²) in [7, 11) is 2.66. The van der Waals surface area contributed by atoms with Gasteiger partial charge in [0.05, 0.1) is 0 Å². The molecule has 1 aliphatic heterocycles. The lowest BCUT2D eigenvalue weighted by Crippen LogP contribution is -2.52. The zero-order valence-corrected chi connectivity index (χ0v) is 21.7. The molecule has 4 rings (SSSR count). The molecule has 0 atom stereocenters. The minimum Gasteiger partial charge on any atom is -0.318 e. The zero-order valence-electron chi connectivity index (χ0n) is 20.9. The molecule has 1 aromatic heterocycles. The fourth-order valence-corrected chi connectivity index (χ4v) is 5.07. The Morgan fingerprint density at radius 2 is 1.59 bits per heavy atom. The summed E-state index contributed by atoms with van der Waals surface area (Å²) in [5, 5.41) is 5.48. The second kappa shape index (κ2) is 10.4. The average Bonchev–Trinajstić information content (AvgIpc) is 3.25. The highest BCUT2D eigenvalue weighted by atomic mass is 32.1. The van der Waals surface area contributed by atoms with Crippen molar-refractivity contribution in [2.45, 2.75) is 33.1 Å². The number of urea groups is 1. The van der Waals surface area contributed by atoms with E-state index in [1.807, 2.05) is 25.1 Å². The number of unbranched alkanes of at least 4 members (excludes halogenated alkanes) is 1. The van der Waals surface area contributed by atoms with Crippen molar-refractivity contribution in [1.29, 1.82) is 0 Å². The maximum atomic E-state index is 13.2. The van der Waals surface area contributed by atoms with Gasteiger partial charge in [-0.15, -0.1) is 11.3 Å². The lowest BCUT2D eigenvalue weighted by Gasteiger charge is -2.28. The Morgan fingerprint density at radius 1 is 0.973 bits per heavy atom. The number of hydrogen-bond donors (Lipinski definition) is 0. The van der Waals surface area contributed by atoms with Gasteiger partial charge in [-0.1, -0.05) is 24.6 Å². The third kappa shape index (κ3) is 5.05. The maximum Gasteiger partial charge on any atom is 0.333 e. The van der Waals surface area contributed by atoms with Crippen LogP contribution in [0.4, 0.5) is 4.79 Å². The van der Waals surface area contributed by atoms with Gasteiger partial charge < -0.3 is 4.84 Å². The summed E-state index contributed by atoms with van der Waals surface area (Å²) < 4.78 is 1.92. The van der Waals surface area contributed by atoms with Gasteiger partial charge in [0, 0.05) is 46.8 Å². The van der Waals surface area contributed by atoms with Crippen LogP contribution in [0.1, 0.15) is 49.0 Å². The van der Waals surface area contributed by atoms with E-state index in [1.165, 1.54) is 27.1 Å². The highest BCUT2D eigenvalue weighted by Crippen LogP contribution is 2.35. The van der Waals surface area contributed by atoms with Crippen molar-refractivity contribution in [3.05, 3.63) is 53.1 Å². The fraction of sp³-hybridized carbons (Fsp3) is 0.259. The van der Waals surface area contributed by atoms with Crippen molar-refractivity contribution >= 4 is 72.9 Å². The Balaban J connectivity index is 1.75. The van der Waals surface area contributed by atoms with E-state index in [0.29, 0.717) is 17.5 Å². The van der Waals surface area contributed by atoms with Crippen LogP contribution in [-0.2, 0) is 19.2 Å². The molecular formula is C27H25N3O6S. The summed E-state index contributed by atoms with van der Waals surface area (Å²) in [6, 6.07) is 10.2. The first-order valence-corrected chi connectivity index (χ1v) is 12.5. The number of amides is 4. The van der Waals surface area contributed by atoms with E-state index < -0.39 is 23.8 Å². The number of fused-ring (bicyclic) bond motifs is 3. The molecule has 0 aliphatic carbocycles. The van der Waals surface area contributed by atoms with Crippen molar-refractivity contribution in [3.63, 3.8) is 0 Å². The van der Waals surface area contributed by atoms with E-state index in [2.05, 4.69) is 5.16 Å². The quantitative estimate of drug-likeness (QED) is 0.111. The van der Waals surface area contributed by atoms with Crippen LogP contribution in [0.2, 0.25) is 0 Å². The van der Waals surface area contributed by atoms with Crippen LogP contribution < -0.4 is 0 Å². The number of benzene rings is 2.